The van der Waals surface area contributed by atoms with Crippen LogP contribution in [0, 0.1) is 54.7 Å². The van der Waals surface area contributed by atoms with Gasteiger partial charge < -0.3 is 9.13 Å². The van der Waals surface area contributed by atoms with Gasteiger partial charge >= 0.3 is 6.18 Å². The van der Waals surface area contributed by atoms with Gasteiger partial charge in [-0.2, -0.15) is 13.2 Å². The van der Waals surface area contributed by atoms with E-state index in [1.807, 2.05) is 54.6 Å². The molecule has 2 heterocycles. The van der Waals surface area contributed by atoms with Crippen LogP contribution in [0.2, 0.25) is 0 Å². The van der Waals surface area contributed by atoms with Crippen LogP contribution >= 0.6 is 0 Å². The molecule has 0 aliphatic carbocycles. The Bertz CT molecular complexity index is 4050. The quantitative estimate of drug-likeness (QED) is 0.148. The SMILES string of the molecule is [C-]#[N+]c1cc(C(F)(F)F)ccc1-c1cccc(-n2c3ccccc3c3cc(-c4c(C)cc(C)cc4C)ccc32)c1-c1c([N+]#[C-])cccc1-n1c2ccccc2c2cc(-c3c(C)cc(C)cc3C)ccc21. The summed E-state index contributed by atoms with van der Waals surface area (Å²) in [7, 11) is 0. The average Bonchev–Trinajstić information content (AvgIpc) is 3.84. The van der Waals surface area contributed by atoms with Crippen LogP contribution in [0.1, 0.15) is 38.9 Å². The van der Waals surface area contributed by atoms with Gasteiger partial charge in [0.05, 0.1) is 40.9 Å². The number of hydrogen-bond acceptors (Lipinski definition) is 0. The lowest BCUT2D eigenvalue weighted by Gasteiger charge is -2.23. The topological polar surface area (TPSA) is 18.6 Å². The van der Waals surface area contributed by atoms with Crippen LogP contribution in [0.25, 0.3) is 109 Å². The molecular formula is C63H45F3N4. The zero-order valence-electron chi connectivity index (χ0n) is 39.5. The van der Waals surface area contributed by atoms with Crippen molar-refractivity contribution in [1.82, 2.24) is 9.13 Å². The van der Waals surface area contributed by atoms with Gasteiger partial charge in [0.25, 0.3) is 0 Å². The predicted octanol–water partition coefficient (Wildman–Crippen LogP) is 18.5. The summed E-state index contributed by atoms with van der Waals surface area (Å²) in [6.45, 7) is 29.9. The summed E-state index contributed by atoms with van der Waals surface area (Å²) in [5.74, 6) is 0. The van der Waals surface area contributed by atoms with Crippen LogP contribution < -0.4 is 0 Å². The molecule has 0 N–H and O–H groups in total. The second-order valence-electron chi connectivity index (χ2n) is 18.5. The fraction of sp³-hybridized carbons (Fsp3) is 0.111. The molecule has 0 spiro atoms. The van der Waals surface area contributed by atoms with Crippen LogP contribution in [0.4, 0.5) is 24.5 Å². The normalized spacial score (nSPS) is 11.8. The first-order valence-electron chi connectivity index (χ1n) is 23.2. The molecule has 0 saturated heterocycles. The van der Waals surface area contributed by atoms with Gasteiger partial charge in [-0.15, -0.1) is 0 Å². The van der Waals surface area contributed by atoms with Crippen LogP contribution in [-0.4, -0.2) is 9.13 Å². The smallest absolute Gasteiger partial charge is 0.310 e. The van der Waals surface area contributed by atoms with Crippen LogP contribution in [0.3, 0.4) is 0 Å². The number of aryl methyl sites for hydroxylation is 6. The second-order valence-corrected chi connectivity index (χ2v) is 18.5. The Labute approximate surface area is 404 Å². The molecule has 0 saturated carbocycles. The summed E-state index contributed by atoms with van der Waals surface area (Å²) in [4.78, 5) is 7.95. The highest BCUT2D eigenvalue weighted by Crippen LogP contribution is 2.51. The van der Waals surface area contributed by atoms with Gasteiger partial charge in [-0.1, -0.05) is 120 Å². The van der Waals surface area contributed by atoms with Crippen molar-refractivity contribution in [3.63, 3.8) is 0 Å². The van der Waals surface area contributed by atoms with Gasteiger partial charge in [-0.3, -0.25) is 0 Å². The third-order valence-corrected chi connectivity index (χ3v) is 13.9. The number of hydrogen-bond donors (Lipinski definition) is 0. The predicted molar refractivity (Wildman–Crippen MR) is 283 cm³/mol. The molecule has 0 amide bonds. The summed E-state index contributed by atoms with van der Waals surface area (Å²) >= 11 is 0. The van der Waals surface area contributed by atoms with Gasteiger partial charge in [0.15, 0.2) is 11.4 Å². The highest BCUT2D eigenvalue weighted by Gasteiger charge is 2.32. The van der Waals surface area contributed by atoms with E-state index >= 15 is 0 Å². The van der Waals surface area contributed by atoms with Gasteiger partial charge in [-0.05, 0) is 152 Å². The fourth-order valence-corrected chi connectivity index (χ4v) is 11.4. The third kappa shape index (κ3) is 6.96. The Morgan fingerprint density at radius 1 is 0.386 bits per heavy atom. The standard InChI is InChI=1S/C63H45F3N4/c1-36-29-38(3)59(39(4)30-36)42-23-27-55-49(33-42)46-15-9-11-19-53(46)69(55)57-21-13-17-48(45-26-25-44(63(64,65)66)35-52(45)68-8)61(57)62-51(67-7)18-14-22-58(62)70-54-20-12-10-16-47(54)50-34-43(24-28-56(50)70)60-40(5)31-37(2)32-41(60)6/h9-35H,1-6H3. The number of rotatable bonds is 6. The van der Waals surface area contributed by atoms with E-state index in [1.165, 1.54) is 50.6 Å². The molecule has 2 aromatic heterocycles. The molecule has 0 bridgehead atoms. The molecule has 11 rings (SSSR count). The molecule has 4 nitrogen and oxygen atoms in total. The van der Waals surface area contributed by atoms with E-state index in [2.05, 4.69) is 145 Å². The first-order valence-corrected chi connectivity index (χ1v) is 23.2. The van der Waals surface area contributed by atoms with Crippen molar-refractivity contribution in [2.45, 2.75) is 47.7 Å². The number of benzene rings is 9. The number of aromatic nitrogens is 2. The number of fused-ring (bicyclic) bond motifs is 6. The van der Waals surface area contributed by atoms with Crippen molar-refractivity contribution < 1.29 is 13.2 Å². The maximum atomic E-state index is 14.3. The van der Waals surface area contributed by atoms with Crippen molar-refractivity contribution in [2.24, 2.45) is 0 Å². The number of halogens is 3. The van der Waals surface area contributed by atoms with Crippen LogP contribution in [0.5, 0.6) is 0 Å². The van der Waals surface area contributed by atoms with Crippen molar-refractivity contribution in [1.29, 1.82) is 0 Å². The molecule has 70 heavy (non-hydrogen) atoms. The number of nitrogens with zero attached hydrogens (tertiary/aromatic N) is 4. The van der Waals surface area contributed by atoms with Gasteiger partial charge in [-0.25, -0.2) is 9.69 Å². The van der Waals surface area contributed by atoms with Crippen LogP contribution in [0.15, 0.2) is 164 Å². The van der Waals surface area contributed by atoms with Crippen molar-refractivity contribution in [3.8, 4) is 55.9 Å². The Hall–Kier alpha value is -8.65. The molecule has 0 radical (unpaired) electrons. The molecule has 0 atom stereocenters. The number of para-hydroxylation sites is 2. The maximum Gasteiger partial charge on any atom is 0.415 e. The monoisotopic (exact) mass is 914 g/mol. The molecule has 11 aromatic rings. The molecule has 0 fully saturated rings. The average molecular weight is 915 g/mol. The fourth-order valence-electron chi connectivity index (χ4n) is 11.4. The van der Waals surface area contributed by atoms with E-state index in [-0.39, 0.29) is 5.69 Å². The Morgan fingerprint density at radius 3 is 1.33 bits per heavy atom. The highest BCUT2D eigenvalue weighted by atomic mass is 19.4. The van der Waals surface area contributed by atoms with E-state index in [4.69, 9.17) is 13.1 Å². The summed E-state index contributed by atoms with van der Waals surface area (Å²) in [5, 5.41) is 4.11. The van der Waals surface area contributed by atoms with Crippen molar-refractivity contribution in [3.05, 3.63) is 226 Å². The zero-order chi connectivity index (χ0) is 48.7. The summed E-state index contributed by atoms with van der Waals surface area (Å²) in [6, 6.07) is 53.3. The molecule has 0 aliphatic rings. The molecule has 0 aliphatic heterocycles. The van der Waals surface area contributed by atoms with E-state index < -0.39 is 11.7 Å². The number of alkyl halides is 3. The summed E-state index contributed by atoms with van der Waals surface area (Å²) < 4.78 is 47.4. The lowest BCUT2D eigenvalue weighted by molar-refractivity contribution is -0.137. The first kappa shape index (κ1) is 43.9. The largest absolute Gasteiger partial charge is 0.415 e. The Morgan fingerprint density at radius 2 is 0.843 bits per heavy atom. The van der Waals surface area contributed by atoms with Crippen molar-refractivity contribution in [2.75, 3.05) is 0 Å². The second kappa shape index (κ2) is 16.5. The van der Waals surface area contributed by atoms with Gasteiger partial charge in [0, 0.05) is 43.9 Å². The molecule has 7 heteroatoms. The minimum atomic E-state index is -4.66. The van der Waals surface area contributed by atoms with Crippen LogP contribution in [-0.2, 0) is 6.18 Å². The zero-order valence-corrected chi connectivity index (χ0v) is 39.5. The van der Waals surface area contributed by atoms with E-state index in [0.717, 1.165) is 66.9 Å². The van der Waals surface area contributed by atoms with Gasteiger partial charge in [0.1, 0.15) is 0 Å². The maximum absolute atomic E-state index is 14.3. The minimum Gasteiger partial charge on any atom is -0.310 e. The Balaban J connectivity index is 1.26. The summed E-state index contributed by atoms with van der Waals surface area (Å²) in [5.41, 5.74) is 18.2. The van der Waals surface area contributed by atoms with E-state index in [0.29, 0.717) is 39.3 Å². The lowest BCUT2D eigenvalue weighted by Crippen LogP contribution is -2.05. The summed E-state index contributed by atoms with van der Waals surface area (Å²) in [6.07, 6.45) is -4.66. The Kier molecular flexibility index (Phi) is 10.4. The van der Waals surface area contributed by atoms with E-state index in [1.54, 1.807) is 6.07 Å². The molecule has 9 aromatic carbocycles. The first-order chi connectivity index (χ1) is 33.7. The van der Waals surface area contributed by atoms with Gasteiger partial charge in [0.2, 0.25) is 0 Å². The molecule has 0 unspecified atom stereocenters. The third-order valence-electron chi connectivity index (χ3n) is 13.9. The minimum absolute atomic E-state index is 0.142. The molecule has 338 valence electrons. The lowest BCUT2D eigenvalue weighted by atomic mass is 9.89. The highest BCUT2D eigenvalue weighted by molar-refractivity contribution is 6.14. The van der Waals surface area contributed by atoms with E-state index in [9.17, 15) is 13.2 Å². The van der Waals surface area contributed by atoms with Crippen molar-refractivity contribution >= 4 is 55.0 Å². The molecular weight excluding hydrogens is 870 g/mol.